The van der Waals surface area contributed by atoms with Crippen molar-refractivity contribution in [3.63, 3.8) is 0 Å². The Morgan fingerprint density at radius 2 is 1.27 bits per heavy atom. The van der Waals surface area contributed by atoms with Gasteiger partial charge in [-0.15, -0.1) is 0 Å². The van der Waals surface area contributed by atoms with Gasteiger partial charge in [-0.3, -0.25) is 0 Å². The van der Waals surface area contributed by atoms with Crippen LogP contribution in [0.15, 0.2) is 0 Å². The summed E-state index contributed by atoms with van der Waals surface area (Å²) in [7, 11) is -2.85. The average Bonchev–Trinajstić information content (AvgIpc) is 2.71. The van der Waals surface area contributed by atoms with Gasteiger partial charge in [0.2, 0.25) is 0 Å². The van der Waals surface area contributed by atoms with Crippen molar-refractivity contribution in [2.24, 2.45) is 0 Å². The normalized spacial score (nSPS) is 21.6. The summed E-state index contributed by atoms with van der Waals surface area (Å²) in [6, 6.07) is 0. The van der Waals surface area contributed by atoms with E-state index in [1.54, 1.807) is 5.71 Å². The zero-order valence-electron chi connectivity index (χ0n) is 8.91. The Kier molecular flexibility index (Phi) is 6.17. The first-order chi connectivity index (χ1) is 7.20. The third-order valence-corrected chi connectivity index (χ3v) is 2.98. The predicted molar refractivity (Wildman–Crippen MR) is 47.3 cm³/mol. The first kappa shape index (κ1) is 12.9. The lowest BCUT2D eigenvalue weighted by Gasteiger charge is -2.10. The van der Waals surface area contributed by atoms with Gasteiger partial charge >= 0.3 is 0 Å². The van der Waals surface area contributed by atoms with E-state index in [4.69, 9.17) is 14.0 Å². The van der Waals surface area contributed by atoms with Crippen molar-refractivity contribution in [3.8, 4) is 0 Å². The summed E-state index contributed by atoms with van der Waals surface area (Å²) in [5, 5.41) is 0. The quantitative estimate of drug-likeness (QED) is 0.487. The SMILES string of the molecule is C1CCC(=[N+]2CCCC2)CC1.[O-][Cl+2]([O-])[O-]. The Bertz CT molecular complexity index is 200. The molecular formula is C10H18ClNO3. The van der Waals surface area contributed by atoms with Gasteiger partial charge in [0.1, 0.15) is 13.1 Å². The van der Waals surface area contributed by atoms with Crippen LogP contribution in [0.3, 0.4) is 0 Å². The molecule has 1 saturated carbocycles. The fraction of sp³-hybridized carbons (Fsp3) is 0.900. The van der Waals surface area contributed by atoms with Crippen molar-refractivity contribution in [1.82, 2.24) is 0 Å². The average molecular weight is 236 g/mol. The Labute approximate surface area is 93.6 Å². The highest BCUT2D eigenvalue weighted by molar-refractivity contribution is 5.80. The molecule has 88 valence electrons. The van der Waals surface area contributed by atoms with Crippen LogP contribution in [0.25, 0.3) is 0 Å². The highest BCUT2D eigenvalue weighted by Crippen LogP contribution is 2.16. The molecule has 0 aromatic carbocycles. The summed E-state index contributed by atoms with van der Waals surface area (Å²) < 4.78 is 27.9. The van der Waals surface area contributed by atoms with Gasteiger partial charge in [-0.2, -0.15) is 0 Å². The van der Waals surface area contributed by atoms with Crippen LogP contribution < -0.4 is 14.0 Å². The van der Waals surface area contributed by atoms with E-state index in [1.807, 2.05) is 0 Å². The molecule has 0 amide bonds. The van der Waals surface area contributed by atoms with Crippen LogP contribution in [0.5, 0.6) is 0 Å². The summed E-state index contributed by atoms with van der Waals surface area (Å²) in [6.45, 7) is 2.71. The third kappa shape index (κ3) is 5.47. The highest BCUT2D eigenvalue weighted by Gasteiger charge is 2.20. The molecule has 5 heteroatoms. The molecule has 0 atom stereocenters. The summed E-state index contributed by atoms with van der Waals surface area (Å²) in [5.74, 6) is 0. The molecule has 0 bridgehead atoms. The van der Waals surface area contributed by atoms with Crippen LogP contribution in [0.1, 0.15) is 44.9 Å². The predicted octanol–water partition coefficient (Wildman–Crippen LogP) is -1.37. The minimum absolute atomic E-state index is 1.36. The monoisotopic (exact) mass is 235 g/mol. The Hall–Kier alpha value is -0.160. The Morgan fingerprint density at radius 1 is 0.800 bits per heavy atom. The fourth-order valence-electron chi connectivity index (χ4n) is 2.31. The van der Waals surface area contributed by atoms with E-state index in [1.165, 1.54) is 58.0 Å². The molecule has 0 aromatic heterocycles. The van der Waals surface area contributed by atoms with Crippen molar-refractivity contribution in [1.29, 1.82) is 0 Å². The second-order valence-electron chi connectivity index (χ2n) is 4.01. The molecule has 1 aliphatic heterocycles. The molecule has 0 radical (unpaired) electrons. The molecule has 1 heterocycles. The number of hydrogen-bond acceptors (Lipinski definition) is 3. The maximum atomic E-state index is 8.41. The van der Waals surface area contributed by atoms with Gasteiger partial charge in [0, 0.05) is 25.7 Å². The van der Waals surface area contributed by atoms with E-state index < -0.39 is 10.8 Å². The number of rotatable bonds is 0. The lowest BCUT2D eigenvalue weighted by molar-refractivity contribution is -1.73. The number of halogens is 1. The van der Waals surface area contributed by atoms with E-state index in [0.717, 1.165) is 0 Å². The summed E-state index contributed by atoms with van der Waals surface area (Å²) in [6.07, 6.45) is 10.0. The first-order valence-corrected chi connectivity index (χ1v) is 6.45. The van der Waals surface area contributed by atoms with Crippen LogP contribution in [-0.4, -0.2) is 23.4 Å². The smallest absolute Gasteiger partial charge is 0.152 e. The second-order valence-corrected chi connectivity index (χ2v) is 4.39. The van der Waals surface area contributed by atoms with Crippen molar-refractivity contribution in [2.45, 2.75) is 44.9 Å². The van der Waals surface area contributed by atoms with Gasteiger partial charge in [0.05, 0.1) is 10.8 Å². The highest BCUT2D eigenvalue weighted by atomic mass is 35.6. The molecular weight excluding hydrogens is 218 g/mol. The molecule has 1 aliphatic carbocycles. The van der Waals surface area contributed by atoms with E-state index in [-0.39, 0.29) is 0 Å². The summed E-state index contributed by atoms with van der Waals surface area (Å²) in [4.78, 5) is 0. The lowest BCUT2D eigenvalue weighted by atomic mass is 9.98. The van der Waals surface area contributed by atoms with Crippen molar-refractivity contribution >= 4 is 5.71 Å². The molecule has 4 nitrogen and oxygen atoms in total. The molecule has 0 N–H and O–H groups in total. The first-order valence-electron chi connectivity index (χ1n) is 5.53. The summed E-state index contributed by atoms with van der Waals surface area (Å²) in [5.41, 5.74) is 1.77. The van der Waals surface area contributed by atoms with Crippen molar-refractivity contribution in [3.05, 3.63) is 0 Å². The van der Waals surface area contributed by atoms with Crippen LogP contribution >= 0.6 is 0 Å². The topological polar surface area (TPSA) is 72.2 Å². The molecule has 2 rings (SSSR count). The van der Waals surface area contributed by atoms with Gasteiger partial charge in [-0.05, 0) is 12.8 Å². The van der Waals surface area contributed by atoms with Crippen LogP contribution in [0.2, 0.25) is 0 Å². The van der Waals surface area contributed by atoms with E-state index >= 15 is 0 Å². The zero-order valence-corrected chi connectivity index (χ0v) is 9.67. The van der Waals surface area contributed by atoms with Gasteiger partial charge in [-0.1, -0.05) is 6.42 Å². The molecule has 0 spiro atoms. The molecule has 15 heavy (non-hydrogen) atoms. The largest absolute Gasteiger partial charge is 0.357 e. The Morgan fingerprint density at radius 3 is 1.73 bits per heavy atom. The maximum Gasteiger partial charge on any atom is 0.152 e. The number of nitrogens with zero attached hydrogens (tertiary/aromatic N) is 1. The Balaban J connectivity index is 0.000000245. The van der Waals surface area contributed by atoms with Crippen molar-refractivity contribution < 1.29 is 29.3 Å². The van der Waals surface area contributed by atoms with Gasteiger partial charge in [0.15, 0.2) is 5.71 Å². The fourth-order valence-corrected chi connectivity index (χ4v) is 2.31. The van der Waals surface area contributed by atoms with Gasteiger partial charge in [-0.25, -0.2) is 4.58 Å². The standard InChI is InChI=1S/C10H18N.ClO3/c1-2-6-10(7-3-1)11-8-4-5-9-11;2-1(3)4/h1-9H2;/q+1;-1. The molecule has 2 fully saturated rings. The minimum Gasteiger partial charge on any atom is -0.357 e. The third-order valence-electron chi connectivity index (χ3n) is 2.98. The molecule has 2 aliphatic rings. The van der Waals surface area contributed by atoms with Gasteiger partial charge in [0.25, 0.3) is 0 Å². The molecule has 0 aromatic rings. The van der Waals surface area contributed by atoms with Crippen LogP contribution in [0, 0.1) is 10.8 Å². The molecule has 0 unspecified atom stereocenters. The van der Waals surface area contributed by atoms with Crippen LogP contribution in [-0.2, 0) is 0 Å². The number of hydrogen-bond donors (Lipinski definition) is 0. The molecule has 1 saturated heterocycles. The van der Waals surface area contributed by atoms with Crippen molar-refractivity contribution in [2.75, 3.05) is 13.1 Å². The van der Waals surface area contributed by atoms with E-state index in [2.05, 4.69) is 4.58 Å². The second kappa shape index (κ2) is 7.17. The summed E-state index contributed by atoms with van der Waals surface area (Å²) >= 11 is 0. The maximum absolute atomic E-state index is 8.41. The minimum atomic E-state index is -2.85. The van der Waals surface area contributed by atoms with Gasteiger partial charge < -0.3 is 14.0 Å². The zero-order chi connectivity index (χ0) is 11.1. The van der Waals surface area contributed by atoms with E-state index in [9.17, 15) is 0 Å². The lowest BCUT2D eigenvalue weighted by Crippen LogP contribution is -2.42. The van der Waals surface area contributed by atoms with Crippen LogP contribution in [0.4, 0.5) is 0 Å². The van der Waals surface area contributed by atoms with E-state index in [0.29, 0.717) is 0 Å².